The third-order valence-electron chi connectivity index (χ3n) is 4.36. The van der Waals surface area contributed by atoms with Crippen molar-refractivity contribution in [3.05, 3.63) is 70.7 Å². The van der Waals surface area contributed by atoms with Gasteiger partial charge >= 0.3 is 18.1 Å². The van der Waals surface area contributed by atoms with Gasteiger partial charge in [-0.15, -0.1) is 11.3 Å². The van der Waals surface area contributed by atoms with Gasteiger partial charge in [0, 0.05) is 17.0 Å². The number of hydrogen-bond donors (Lipinski definition) is 0. The van der Waals surface area contributed by atoms with E-state index in [0.29, 0.717) is 27.6 Å². The molecular weight excluding hydrogens is 459 g/mol. The van der Waals surface area contributed by atoms with Crippen molar-refractivity contribution in [3.63, 3.8) is 0 Å². The second-order valence-corrected chi connectivity index (χ2v) is 7.49. The van der Waals surface area contributed by atoms with E-state index >= 15 is 0 Å². The van der Waals surface area contributed by atoms with Crippen molar-refractivity contribution in [2.45, 2.75) is 12.6 Å². The molecule has 1 heterocycles. The lowest BCUT2D eigenvalue weighted by molar-refractivity contribution is -0.137. The second-order valence-electron chi connectivity index (χ2n) is 6.64. The van der Waals surface area contributed by atoms with Crippen molar-refractivity contribution >= 4 is 29.4 Å². The summed E-state index contributed by atoms with van der Waals surface area (Å²) in [5.74, 6) is -0.617. The van der Waals surface area contributed by atoms with Crippen LogP contribution in [0.5, 0.6) is 11.5 Å². The first-order chi connectivity index (χ1) is 15.7. The maximum atomic E-state index is 12.7. The third-order valence-corrected chi connectivity index (χ3v) is 5.30. The molecule has 0 unspecified atom stereocenters. The number of benzene rings is 2. The third kappa shape index (κ3) is 6.42. The lowest BCUT2D eigenvalue weighted by Crippen LogP contribution is -2.12. The predicted octanol–water partition coefficient (Wildman–Crippen LogP) is 5.17. The van der Waals surface area contributed by atoms with Crippen molar-refractivity contribution in [2.24, 2.45) is 0 Å². The fourth-order valence-electron chi connectivity index (χ4n) is 2.73. The minimum atomic E-state index is -4.41. The Morgan fingerprint density at radius 3 is 2.42 bits per heavy atom. The Hall–Kier alpha value is -3.66. The minimum absolute atomic E-state index is 0.135. The number of carbonyl (C=O) groups excluding carboxylic acids is 2. The van der Waals surface area contributed by atoms with Crippen molar-refractivity contribution < 1.29 is 37.0 Å². The van der Waals surface area contributed by atoms with Crippen molar-refractivity contribution in [1.29, 1.82) is 0 Å². The van der Waals surface area contributed by atoms with Crippen LogP contribution in [-0.2, 0) is 26.9 Å². The van der Waals surface area contributed by atoms with Crippen LogP contribution in [-0.4, -0.2) is 31.1 Å². The number of aromatic nitrogens is 1. The van der Waals surface area contributed by atoms with E-state index in [1.807, 2.05) is 0 Å². The van der Waals surface area contributed by atoms with Crippen molar-refractivity contribution in [1.82, 2.24) is 4.98 Å². The molecule has 0 spiro atoms. The summed E-state index contributed by atoms with van der Waals surface area (Å²) in [7, 11) is 2.68. The molecule has 3 aromatic rings. The lowest BCUT2D eigenvalue weighted by atomic mass is 10.1. The molecule has 0 saturated carbocycles. The molecule has 33 heavy (non-hydrogen) atoms. The molecule has 0 aliphatic carbocycles. The maximum absolute atomic E-state index is 12.7. The Labute approximate surface area is 191 Å². The van der Waals surface area contributed by atoms with Gasteiger partial charge in [-0.1, -0.05) is 18.2 Å². The Balaban J connectivity index is 1.66. The molecule has 0 radical (unpaired) electrons. The fourth-order valence-corrected chi connectivity index (χ4v) is 3.56. The fraction of sp³-hybridized carbons (Fsp3) is 0.174. The number of ether oxygens (including phenoxy) is 3. The first-order valence-electron chi connectivity index (χ1n) is 9.46. The second kappa shape index (κ2) is 10.3. The molecular formula is C23H18F3NO5S. The van der Waals surface area contributed by atoms with Gasteiger partial charge in [0.1, 0.15) is 5.01 Å². The molecule has 10 heteroatoms. The van der Waals surface area contributed by atoms with E-state index in [-0.39, 0.29) is 12.2 Å². The van der Waals surface area contributed by atoms with Crippen LogP contribution in [0.15, 0.2) is 53.9 Å². The van der Waals surface area contributed by atoms with E-state index in [4.69, 9.17) is 9.47 Å². The molecule has 1 aromatic heterocycles. The van der Waals surface area contributed by atoms with Crippen LogP contribution >= 0.6 is 11.3 Å². The summed E-state index contributed by atoms with van der Waals surface area (Å²) < 4.78 is 53.3. The molecule has 6 nitrogen and oxygen atoms in total. The Morgan fingerprint density at radius 1 is 1.06 bits per heavy atom. The van der Waals surface area contributed by atoms with E-state index < -0.39 is 23.7 Å². The van der Waals surface area contributed by atoms with Gasteiger partial charge in [0.25, 0.3) is 0 Å². The molecule has 0 saturated heterocycles. The Kier molecular flexibility index (Phi) is 7.49. The number of methoxy groups -OCH3 is 2. The highest BCUT2D eigenvalue weighted by molar-refractivity contribution is 7.13. The number of halogens is 3. The van der Waals surface area contributed by atoms with E-state index in [9.17, 15) is 22.8 Å². The predicted molar refractivity (Wildman–Crippen MR) is 116 cm³/mol. The van der Waals surface area contributed by atoms with Crippen LogP contribution in [0.25, 0.3) is 16.6 Å². The van der Waals surface area contributed by atoms with Gasteiger partial charge in [-0.25, -0.2) is 9.78 Å². The molecule has 172 valence electrons. The van der Waals surface area contributed by atoms with Crippen molar-refractivity contribution in [2.75, 3.05) is 14.2 Å². The molecule has 0 N–H and O–H groups in total. The summed E-state index contributed by atoms with van der Waals surface area (Å²) in [4.78, 5) is 27.9. The van der Waals surface area contributed by atoms with Gasteiger partial charge in [0.05, 0.1) is 31.9 Å². The molecule has 0 bridgehead atoms. The normalized spacial score (nSPS) is 11.4. The van der Waals surface area contributed by atoms with Crippen LogP contribution < -0.4 is 9.47 Å². The van der Waals surface area contributed by atoms with Crippen LogP contribution in [0.1, 0.15) is 16.8 Å². The summed E-state index contributed by atoms with van der Waals surface area (Å²) in [6.07, 6.45) is -1.77. The zero-order valence-corrected chi connectivity index (χ0v) is 18.3. The van der Waals surface area contributed by atoms with Gasteiger partial charge in [-0.3, -0.25) is 4.79 Å². The highest BCUT2D eigenvalue weighted by Gasteiger charge is 2.30. The topological polar surface area (TPSA) is 74.7 Å². The van der Waals surface area contributed by atoms with Crippen molar-refractivity contribution in [3.8, 4) is 22.1 Å². The van der Waals surface area contributed by atoms with Gasteiger partial charge in [-0.05, 0) is 35.9 Å². The Bertz CT molecular complexity index is 1170. The van der Waals surface area contributed by atoms with Gasteiger partial charge < -0.3 is 14.2 Å². The smallest absolute Gasteiger partial charge is 0.416 e. The number of hydrogen-bond acceptors (Lipinski definition) is 7. The molecule has 3 rings (SSSR count). The highest BCUT2D eigenvalue weighted by Crippen LogP contribution is 2.32. The summed E-state index contributed by atoms with van der Waals surface area (Å²) in [6.45, 7) is 0. The summed E-state index contributed by atoms with van der Waals surface area (Å²) in [5, 5.41) is 2.14. The number of alkyl halides is 3. The minimum Gasteiger partial charge on any atom is -0.493 e. The Morgan fingerprint density at radius 2 is 1.79 bits per heavy atom. The molecule has 0 aliphatic rings. The molecule has 0 aliphatic heterocycles. The lowest BCUT2D eigenvalue weighted by Gasteiger charge is -2.09. The largest absolute Gasteiger partial charge is 0.493 e. The molecule has 0 atom stereocenters. The van der Waals surface area contributed by atoms with Crippen LogP contribution in [0, 0.1) is 0 Å². The monoisotopic (exact) mass is 477 g/mol. The maximum Gasteiger partial charge on any atom is 0.416 e. The van der Waals surface area contributed by atoms with Gasteiger partial charge in [0.2, 0.25) is 0 Å². The first kappa shape index (κ1) is 24.0. The number of thiazole rings is 1. The van der Waals surface area contributed by atoms with Crippen LogP contribution in [0.4, 0.5) is 13.2 Å². The van der Waals surface area contributed by atoms with Crippen LogP contribution in [0.3, 0.4) is 0 Å². The van der Waals surface area contributed by atoms with Crippen LogP contribution in [0.2, 0.25) is 0 Å². The number of nitrogens with zero attached hydrogens (tertiary/aromatic N) is 1. The summed E-state index contributed by atoms with van der Waals surface area (Å²) >= 11 is 1.21. The number of esters is 2. The number of carbonyl (C=O) groups is 2. The SMILES string of the molecule is COC(=O)/C=C/c1ccc(OC(=O)Cc2csc(-c3ccc(C(F)(F)F)cc3)n2)c(OC)c1. The van der Waals surface area contributed by atoms with E-state index in [1.54, 1.807) is 17.5 Å². The quantitative estimate of drug-likeness (QED) is 0.266. The zero-order valence-electron chi connectivity index (χ0n) is 17.5. The number of rotatable bonds is 7. The first-order valence-corrected chi connectivity index (χ1v) is 10.3. The average molecular weight is 477 g/mol. The van der Waals surface area contributed by atoms with E-state index in [0.717, 1.165) is 12.1 Å². The molecule has 0 amide bonds. The van der Waals surface area contributed by atoms with E-state index in [2.05, 4.69) is 9.72 Å². The summed E-state index contributed by atoms with van der Waals surface area (Å²) in [6, 6.07) is 9.41. The van der Waals surface area contributed by atoms with Gasteiger partial charge in [-0.2, -0.15) is 13.2 Å². The summed E-state index contributed by atoms with van der Waals surface area (Å²) in [5.41, 5.74) is 0.839. The highest BCUT2D eigenvalue weighted by atomic mass is 32.1. The van der Waals surface area contributed by atoms with Gasteiger partial charge in [0.15, 0.2) is 11.5 Å². The molecule has 2 aromatic carbocycles. The molecule has 0 fully saturated rings. The zero-order chi connectivity index (χ0) is 24.0. The standard InChI is InChI=1S/C23H18F3NO5S/c1-30-19-11-14(4-10-20(28)31-2)3-9-18(19)32-21(29)12-17-13-33-22(27-17)15-5-7-16(8-6-15)23(24,25)26/h3-11,13H,12H2,1-2H3/b10-4+. The van der Waals surface area contributed by atoms with E-state index in [1.165, 1.54) is 55.9 Å². The average Bonchev–Trinajstić information content (AvgIpc) is 3.25.